The van der Waals surface area contributed by atoms with Crippen LogP contribution in [-0.4, -0.2) is 88.9 Å². The Morgan fingerprint density at radius 2 is 1.36 bits per heavy atom. The highest BCUT2D eigenvalue weighted by molar-refractivity contribution is 5.99. The van der Waals surface area contributed by atoms with E-state index in [9.17, 15) is 29.1 Å². The number of aliphatic hydroxyl groups is 1. The van der Waals surface area contributed by atoms with E-state index in [0.717, 1.165) is 0 Å². The molecule has 0 aliphatic carbocycles. The van der Waals surface area contributed by atoms with Crippen LogP contribution < -0.4 is 16.0 Å². The molecule has 0 aromatic heterocycles. The Labute approximate surface area is 233 Å². The van der Waals surface area contributed by atoms with Gasteiger partial charge in [0.05, 0.1) is 18.8 Å². The number of nitrogens with zero attached hydrogens (tertiary/aromatic N) is 1. The number of nitrogens with one attached hydrogen (secondary N) is 3. The summed E-state index contributed by atoms with van der Waals surface area (Å²) < 4.78 is 5.27. The molecule has 8 atom stereocenters. The molecule has 0 spiro atoms. The van der Waals surface area contributed by atoms with Crippen LogP contribution in [0.25, 0.3) is 0 Å². The predicted octanol–water partition coefficient (Wildman–Crippen LogP) is 1.16. The van der Waals surface area contributed by atoms with Crippen molar-refractivity contribution in [3.8, 4) is 0 Å². The van der Waals surface area contributed by atoms with Crippen molar-refractivity contribution >= 4 is 29.4 Å². The summed E-state index contributed by atoms with van der Waals surface area (Å²) in [6.45, 7) is 16.0. The van der Waals surface area contributed by atoms with E-state index in [1.807, 2.05) is 34.6 Å². The summed E-state index contributed by atoms with van der Waals surface area (Å²) >= 11 is 0. The van der Waals surface area contributed by atoms with Crippen LogP contribution in [0.15, 0.2) is 0 Å². The number of carbonyl (C=O) groups is 5. The van der Waals surface area contributed by atoms with Crippen LogP contribution in [0.1, 0.15) is 81.6 Å². The summed E-state index contributed by atoms with van der Waals surface area (Å²) in [6.07, 6.45) is 0.280. The van der Waals surface area contributed by atoms with Gasteiger partial charge in [-0.1, -0.05) is 54.4 Å². The molecule has 1 aliphatic rings. The van der Waals surface area contributed by atoms with E-state index in [0.29, 0.717) is 19.3 Å². The SMILES string of the molecule is CCC(C)[C@@H](C(=O)NC(C(=O)N[C@H](C(=O)N[C@@H](CC(C)C)C(=O)[C@@]1(C)CO1)C(C)O)[C@@H](C)CC)N(C)C(C)=O. The molecule has 1 saturated heterocycles. The fraction of sp³-hybridized carbons (Fsp3) is 0.821. The summed E-state index contributed by atoms with van der Waals surface area (Å²) in [5, 5.41) is 18.5. The van der Waals surface area contributed by atoms with Gasteiger partial charge < -0.3 is 30.7 Å². The Balaban J connectivity index is 3.15. The second-order valence-corrected chi connectivity index (χ2v) is 11.6. The third-order valence-electron chi connectivity index (χ3n) is 7.66. The molecule has 1 fully saturated rings. The fourth-order valence-corrected chi connectivity index (χ4v) is 4.41. The van der Waals surface area contributed by atoms with Crippen LogP contribution in [0.5, 0.6) is 0 Å². The van der Waals surface area contributed by atoms with Crippen molar-refractivity contribution < 1.29 is 33.8 Å². The zero-order chi connectivity index (χ0) is 30.2. The third-order valence-corrected chi connectivity index (χ3v) is 7.66. The Morgan fingerprint density at radius 1 is 0.872 bits per heavy atom. The number of Topliss-reactive ketones (excluding diaryl/α,β-unsaturated/α-hetero) is 1. The lowest BCUT2D eigenvalue weighted by atomic mass is 9.92. The molecule has 0 aromatic carbocycles. The number of epoxide rings is 1. The maximum Gasteiger partial charge on any atom is 0.245 e. The van der Waals surface area contributed by atoms with Crippen LogP contribution in [0, 0.1) is 17.8 Å². The minimum atomic E-state index is -1.36. The van der Waals surface area contributed by atoms with Crippen LogP contribution in [-0.2, 0) is 28.7 Å². The molecule has 1 rings (SSSR count). The number of rotatable bonds is 16. The minimum Gasteiger partial charge on any atom is -0.391 e. The molecule has 4 N–H and O–H groups in total. The highest BCUT2D eigenvalue weighted by Crippen LogP contribution is 2.29. The molecule has 39 heavy (non-hydrogen) atoms. The van der Waals surface area contributed by atoms with E-state index in [4.69, 9.17) is 4.74 Å². The van der Waals surface area contributed by atoms with Crippen LogP contribution in [0.3, 0.4) is 0 Å². The van der Waals surface area contributed by atoms with Crippen LogP contribution >= 0.6 is 0 Å². The van der Waals surface area contributed by atoms with Gasteiger partial charge in [-0.25, -0.2) is 0 Å². The molecule has 1 heterocycles. The van der Waals surface area contributed by atoms with Crippen molar-refractivity contribution in [2.75, 3.05) is 13.7 Å². The first-order valence-electron chi connectivity index (χ1n) is 14.0. The topological polar surface area (TPSA) is 157 Å². The van der Waals surface area contributed by atoms with Crippen LogP contribution in [0.4, 0.5) is 0 Å². The quantitative estimate of drug-likeness (QED) is 0.209. The molecule has 11 heteroatoms. The molecule has 1 aliphatic heterocycles. The second-order valence-electron chi connectivity index (χ2n) is 11.6. The van der Waals surface area contributed by atoms with E-state index < -0.39 is 53.6 Å². The van der Waals surface area contributed by atoms with Gasteiger partial charge in [0.25, 0.3) is 0 Å². The first kappa shape index (κ1) is 34.5. The van der Waals surface area contributed by atoms with Gasteiger partial charge in [-0.2, -0.15) is 0 Å². The van der Waals surface area contributed by atoms with Crippen molar-refractivity contribution in [3.63, 3.8) is 0 Å². The van der Waals surface area contributed by atoms with E-state index >= 15 is 0 Å². The average Bonchev–Trinajstić information content (AvgIpc) is 3.61. The van der Waals surface area contributed by atoms with E-state index in [-0.39, 0.29) is 36.1 Å². The van der Waals surface area contributed by atoms with E-state index in [2.05, 4.69) is 16.0 Å². The van der Waals surface area contributed by atoms with Gasteiger partial charge in [-0.3, -0.25) is 24.0 Å². The number of hydrogen-bond acceptors (Lipinski definition) is 7. The minimum absolute atomic E-state index is 0.0952. The summed E-state index contributed by atoms with van der Waals surface area (Å²) in [4.78, 5) is 66.4. The number of ketones is 1. The Hall–Kier alpha value is -2.53. The lowest BCUT2D eigenvalue weighted by molar-refractivity contribution is -0.141. The highest BCUT2D eigenvalue weighted by atomic mass is 16.6. The van der Waals surface area contributed by atoms with Crippen molar-refractivity contribution in [1.29, 1.82) is 0 Å². The number of amides is 4. The van der Waals surface area contributed by atoms with Crippen molar-refractivity contribution in [2.45, 2.75) is 117 Å². The predicted molar refractivity (Wildman–Crippen MR) is 147 cm³/mol. The molecule has 3 unspecified atom stereocenters. The summed E-state index contributed by atoms with van der Waals surface area (Å²) in [5.74, 6) is -2.73. The van der Waals surface area contributed by atoms with E-state index in [1.54, 1.807) is 20.9 Å². The smallest absolute Gasteiger partial charge is 0.245 e. The second kappa shape index (κ2) is 14.7. The average molecular weight is 555 g/mol. The first-order chi connectivity index (χ1) is 18.0. The maximum absolute atomic E-state index is 13.4. The Kier molecular flexibility index (Phi) is 13.0. The normalized spacial score (nSPS) is 21.9. The van der Waals surface area contributed by atoms with Gasteiger partial charge in [-0.05, 0) is 38.0 Å². The number of aliphatic hydroxyl groups excluding tert-OH is 1. The number of hydrogen-bond donors (Lipinski definition) is 4. The van der Waals surface area contributed by atoms with E-state index in [1.165, 1.54) is 18.7 Å². The van der Waals surface area contributed by atoms with Gasteiger partial charge in [0.2, 0.25) is 23.6 Å². The lowest BCUT2D eigenvalue weighted by Crippen LogP contribution is -2.62. The highest BCUT2D eigenvalue weighted by Gasteiger charge is 2.50. The fourth-order valence-electron chi connectivity index (χ4n) is 4.41. The molecular weight excluding hydrogens is 504 g/mol. The molecule has 0 saturated carbocycles. The maximum atomic E-state index is 13.4. The number of likely N-dealkylation sites (N-methyl/N-ethyl adjacent to an activating group) is 1. The molecule has 11 nitrogen and oxygen atoms in total. The van der Waals surface area contributed by atoms with Gasteiger partial charge in [-0.15, -0.1) is 0 Å². The summed E-state index contributed by atoms with van der Waals surface area (Å²) in [5.41, 5.74) is -0.943. The number of carbonyl (C=O) groups excluding carboxylic acids is 5. The summed E-state index contributed by atoms with van der Waals surface area (Å²) in [6, 6.07) is -4.00. The van der Waals surface area contributed by atoms with Crippen molar-refractivity contribution in [3.05, 3.63) is 0 Å². The van der Waals surface area contributed by atoms with Gasteiger partial charge >= 0.3 is 0 Å². The zero-order valence-corrected chi connectivity index (χ0v) is 25.3. The molecule has 224 valence electrons. The van der Waals surface area contributed by atoms with Crippen molar-refractivity contribution in [2.24, 2.45) is 17.8 Å². The van der Waals surface area contributed by atoms with Gasteiger partial charge in [0.1, 0.15) is 23.7 Å². The zero-order valence-electron chi connectivity index (χ0n) is 25.3. The number of ether oxygens (including phenoxy) is 1. The first-order valence-corrected chi connectivity index (χ1v) is 14.0. The summed E-state index contributed by atoms with van der Waals surface area (Å²) in [7, 11) is 1.55. The molecule has 0 aromatic rings. The molecule has 0 bridgehead atoms. The Morgan fingerprint density at radius 3 is 1.77 bits per heavy atom. The standard InChI is InChI=1S/C28H50N4O7/c1-11-16(5)21(30-27(38)23(17(6)12-2)32(10)19(8)34)25(36)31-22(18(7)33)26(37)29-20(13-15(3)4)24(35)28(9)14-39-28/h15-18,20-23,33H,11-14H2,1-10H3,(H,29,37)(H,30,38)(H,31,36)/t16-,17?,18?,20-,21?,22-,23-,28+/m0/s1. The third kappa shape index (κ3) is 9.56. The Bertz CT molecular complexity index is 887. The largest absolute Gasteiger partial charge is 0.391 e. The molecule has 4 amide bonds. The monoisotopic (exact) mass is 554 g/mol. The lowest BCUT2D eigenvalue weighted by Gasteiger charge is -2.34. The van der Waals surface area contributed by atoms with Gasteiger partial charge in [0.15, 0.2) is 5.78 Å². The molecular formula is C28H50N4O7. The van der Waals surface area contributed by atoms with Crippen molar-refractivity contribution in [1.82, 2.24) is 20.9 Å². The van der Waals surface area contributed by atoms with Gasteiger partial charge in [0, 0.05) is 14.0 Å². The molecule has 0 radical (unpaired) electrons. The van der Waals surface area contributed by atoms with Crippen LogP contribution in [0.2, 0.25) is 0 Å².